The van der Waals surface area contributed by atoms with Gasteiger partial charge in [-0.2, -0.15) is 0 Å². The van der Waals surface area contributed by atoms with Gasteiger partial charge in [0, 0.05) is 22.3 Å². The second-order valence-corrected chi connectivity index (χ2v) is 6.69. The maximum atomic E-state index is 12.7. The fraction of sp³-hybridized carbons (Fsp3) is 0.222. The Morgan fingerprint density at radius 1 is 1.12 bits per heavy atom. The average molecular weight is 379 g/mol. The molecule has 0 bridgehead atoms. The number of nitrogens with one attached hydrogen (secondary N) is 1. The highest BCUT2D eigenvalue weighted by Crippen LogP contribution is 2.27. The summed E-state index contributed by atoms with van der Waals surface area (Å²) in [4.78, 5) is 26.8. The van der Waals surface area contributed by atoms with Crippen molar-refractivity contribution >= 4 is 40.7 Å². The Kier molecular flexibility index (Phi) is 5.16. The number of hydrogen-bond donors (Lipinski definition) is 2. The van der Waals surface area contributed by atoms with Gasteiger partial charge in [-0.1, -0.05) is 35.3 Å². The number of carbonyl (C=O) groups excluding carboxylic acids is 2. The predicted molar refractivity (Wildman–Crippen MR) is 97.3 cm³/mol. The molecule has 0 spiro atoms. The Labute approximate surface area is 155 Å². The molecule has 7 heteroatoms. The van der Waals surface area contributed by atoms with E-state index in [0.29, 0.717) is 35.1 Å². The van der Waals surface area contributed by atoms with Crippen LogP contribution < -0.4 is 5.32 Å². The average Bonchev–Trinajstić information content (AvgIpc) is 3.03. The number of nitrogens with zero attached hydrogens (tertiary/aromatic N) is 1. The quantitative estimate of drug-likeness (QED) is 0.849. The van der Waals surface area contributed by atoms with Gasteiger partial charge in [0.2, 0.25) is 5.91 Å². The molecular formula is C18H16Cl2N2O3. The van der Waals surface area contributed by atoms with E-state index in [9.17, 15) is 14.7 Å². The molecule has 25 heavy (non-hydrogen) atoms. The van der Waals surface area contributed by atoms with Crippen LogP contribution >= 0.6 is 23.2 Å². The number of rotatable bonds is 3. The molecule has 0 radical (unpaired) electrons. The first-order valence-corrected chi connectivity index (χ1v) is 8.57. The standard InChI is InChI=1S/C18H16Cl2N2O3/c19-11-8-12(20)10-13(9-11)21-17(24)15-5-3-7-22(15)18(25)14-4-1-2-6-16(14)23/h1-2,4,6,8-10,15,23H,3,5,7H2,(H,21,24). The monoisotopic (exact) mass is 378 g/mol. The predicted octanol–water partition coefficient (Wildman–Crippen LogP) is 3.94. The number of halogens is 2. The van der Waals surface area contributed by atoms with Crippen LogP contribution in [0.2, 0.25) is 10.0 Å². The molecule has 5 nitrogen and oxygen atoms in total. The van der Waals surface area contributed by atoms with Gasteiger partial charge in [-0.25, -0.2) is 0 Å². The van der Waals surface area contributed by atoms with Crippen LogP contribution in [0, 0.1) is 0 Å². The summed E-state index contributed by atoms with van der Waals surface area (Å²) in [7, 11) is 0. The fourth-order valence-corrected chi connectivity index (χ4v) is 3.47. The smallest absolute Gasteiger partial charge is 0.258 e. The Morgan fingerprint density at radius 3 is 2.48 bits per heavy atom. The van der Waals surface area contributed by atoms with E-state index >= 15 is 0 Å². The lowest BCUT2D eigenvalue weighted by atomic mass is 10.1. The number of anilines is 1. The molecule has 1 unspecified atom stereocenters. The highest BCUT2D eigenvalue weighted by atomic mass is 35.5. The number of benzene rings is 2. The van der Waals surface area contributed by atoms with Crippen LogP contribution in [0.3, 0.4) is 0 Å². The van der Waals surface area contributed by atoms with E-state index in [2.05, 4.69) is 5.32 Å². The van der Waals surface area contributed by atoms with Gasteiger partial charge in [0.15, 0.2) is 0 Å². The van der Waals surface area contributed by atoms with E-state index in [4.69, 9.17) is 23.2 Å². The second kappa shape index (κ2) is 7.33. The zero-order valence-corrected chi connectivity index (χ0v) is 14.7. The van der Waals surface area contributed by atoms with Crippen molar-refractivity contribution in [1.29, 1.82) is 0 Å². The van der Waals surface area contributed by atoms with Crippen LogP contribution in [0.5, 0.6) is 5.75 Å². The molecule has 130 valence electrons. The number of phenols is 1. The Balaban J connectivity index is 1.78. The SMILES string of the molecule is O=C(Nc1cc(Cl)cc(Cl)c1)C1CCCN1C(=O)c1ccccc1O. The van der Waals surface area contributed by atoms with Crippen molar-refractivity contribution in [3.63, 3.8) is 0 Å². The van der Waals surface area contributed by atoms with Crippen molar-refractivity contribution < 1.29 is 14.7 Å². The van der Waals surface area contributed by atoms with Crippen molar-refractivity contribution in [2.24, 2.45) is 0 Å². The molecule has 2 N–H and O–H groups in total. The number of likely N-dealkylation sites (tertiary alicyclic amines) is 1. The van der Waals surface area contributed by atoms with Gasteiger partial charge in [-0.3, -0.25) is 9.59 Å². The molecule has 1 atom stereocenters. The summed E-state index contributed by atoms with van der Waals surface area (Å²) in [5.74, 6) is -0.764. The third-order valence-corrected chi connectivity index (χ3v) is 4.52. The minimum atomic E-state index is -0.607. The van der Waals surface area contributed by atoms with E-state index in [0.717, 1.165) is 0 Å². The maximum Gasteiger partial charge on any atom is 0.258 e. The van der Waals surface area contributed by atoms with Crippen molar-refractivity contribution in [3.05, 3.63) is 58.1 Å². The van der Waals surface area contributed by atoms with Crippen molar-refractivity contribution in [2.45, 2.75) is 18.9 Å². The number of hydrogen-bond acceptors (Lipinski definition) is 3. The number of para-hydroxylation sites is 1. The molecule has 0 saturated carbocycles. The van der Waals surface area contributed by atoms with Crippen LogP contribution in [0.4, 0.5) is 5.69 Å². The largest absolute Gasteiger partial charge is 0.507 e. The highest BCUT2D eigenvalue weighted by Gasteiger charge is 2.35. The van der Waals surface area contributed by atoms with Crippen molar-refractivity contribution in [2.75, 3.05) is 11.9 Å². The van der Waals surface area contributed by atoms with Gasteiger partial charge in [0.25, 0.3) is 5.91 Å². The molecule has 2 amide bonds. The van der Waals surface area contributed by atoms with Gasteiger partial charge in [-0.05, 0) is 43.2 Å². The zero-order chi connectivity index (χ0) is 18.0. The Bertz CT molecular complexity index is 805. The number of carbonyl (C=O) groups is 2. The molecule has 2 aromatic carbocycles. The summed E-state index contributed by atoms with van der Waals surface area (Å²) in [6.45, 7) is 0.460. The van der Waals surface area contributed by atoms with E-state index in [1.54, 1.807) is 36.4 Å². The molecular weight excluding hydrogens is 363 g/mol. The lowest BCUT2D eigenvalue weighted by molar-refractivity contribution is -0.119. The third-order valence-electron chi connectivity index (χ3n) is 4.08. The summed E-state index contributed by atoms with van der Waals surface area (Å²) in [5.41, 5.74) is 0.664. The summed E-state index contributed by atoms with van der Waals surface area (Å²) >= 11 is 11.9. The van der Waals surface area contributed by atoms with Gasteiger partial charge in [-0.15, -0.1) is 0 Å². The van der Waals surface area contributed by atoms with E-state index in [-0.39, 0.29) is 23.1 Å². The lowest BCUT2D eigenvalue weighted by Gasteiger charge is -2.24. The minimum Gasteiger partial charge on any atom is -0.507 e. The first kappa shape index (κ1) is 17.6. The molecule has 2 aromatic rings. The zero-order valence-electron chi connectivity index (χ0n) is 13.2. The molecule has 1 heterocycles. The van der Waals surface area contributed by atoms with E-state index in [1.165, 1.54) is 11.0 Å². The molecule has 1 saturated heterocycles. The van der Waals surface area contributed by atoms with Crippen molar-refractivity contribution in [3.8, 4) is 5.75 Å². The van der Waals surface area contributed by atoms with Crippen LogP contribution in [0.1, 0.15) is 23.2 Å². The Morgan fingerprint density at radius 2 is 1.80 bits per heavy atom. The fourth-order valence-electron chi connectivity index (χ4n) is 2.94. The summed E-state index contributed by atoms with van der Waals surface area (Å²) in [6.07, 6.45) is 1.27. The molecule has 1 aliphatic rings. The maximum absolute atomic E-state index is 12.7. The van der Waals surface area contributed by atoms with Crippen LogP contribution in [0.15, 0.2) is 42.5 Å². The number of aromatic hydroxyl groups is 1. The minimum absolute atomic E-state index is 0.0971. The number of phenolic OH excluding ortho intramolecular Hbond substituents is 1. The van der Waals surface area contributed by atoms with Gasteiger partial charge < -0.3 is 15.3 Å². The lowest BCUT2D eigenvalue weighted by Crippen LogP contribution is -2.43. The first-order chi connectivity index (χ1) is 12.0. The van der Waals surface area contributed by atoms with E-state index in [1.807, 2.05) is 0 Å². The topological polar surface area (TPSA) is 69.6 Å². The summed E-state index contributed by atoms with van der Waals surface area (Å²) in [6, 6.07) is 10.5. The van der Waals surface area contributed by atoms with Gasteiger partial charge >= 0.3 is 0 Å². The van der Waals surface area contributed by atoms with Gasteiger partial charge in [0.05, 0.1) is 5.56 Å². The highest BCUT2D eigenvalue weighted by molar-refractivity contribution is 6.35. The summed E-state index contributed by atoms with van der Waals surface area (Å²) < 4.78 is 0. The van der Waals surface area contributed by atoms with Crippen molar-refractivity contribution in [1.82, 2.24) is 4.90 Å². The Hall–Kier alpha value is -2.24. The molecule has 0 aliphatic carbocycles. The summed E-state index contributed by atoms with van der Waals surface area (Å²) in [5, 5.41) is 13.5. The first-order valence-electron chi connectivity index (χ1n) is 7.81. The van der Waals surface area contributed by atoms with Crippen LogP contribution in [-0.2, 0) is 4.79 Å². The van der Waals surface area contributed by atoms with Gasteiger partial charge in [0.1, 0.15) is 11.8 Å². The number of amides is 2. The molecule has 1 aliphatic heterocycles. The molecule has 3 rings (SSSR count). The molecule has 1 fully saturated rings. The second-order valence-electron chi connectivity index (χ2n) is 5.82. The third kappa shape index (κ3) is 3.89. The molecule has 0 aromatic heterocycles. The van der Waals surface area contributed by atoms with Crippen LogP contribution in [-0.4, -0.2) is 34.4 Å². The van der Waals surface area contributed by atoms with Crippen LogP contribution in [0.25, 0.3) is 0 Å². The van der Waals surface area contributed by atoms with E-state index < -0.39 is 6.04 Å². The normalized spacial score (nSPS) is 16.7.